The van der Waals surface area contributed by atoms with E-state index in [1.807, 2.05) is 0 Å². The molecule has 0 aromatic carbocycles. The fourth-order valence-electron chi connectivity index (χ4n) is 1.55. The first kappa shape index (κ1) is 16.1. The summed E-state index contributed by atoms with van der Waals surface area (Å²) in [5.74, 6) is -1.51. The number of amides is 1. The summed E-state index contributed by atoms with van der Waals surface area (Å²) in [6, 6.07) is 4.32. The number of carbonyl (C=O) groups excluding carboxylic acids is 1. The van der Waals surface area contributed by atoms with Crippen LogP contribution < -0.4 is 0 Å². The Labute approximate surface area is 117 Å². The molecule has 0 bridgehead atoms. The summed E-state index contributed by atoms with van der Waals surface area (Å²) in [6.45, 7) is 1.54. The molecule has 1 heterocycles. The highest BCUT2D eigenvalue weighted by molar-refractivity contribution is 5.94. The number of carboxylic acid groups (broad SMARTS) is 1. The number of carboxylic acids is 1. The van der Waals surface area contributed by atoms with Crippen LogP contribution in [0.1, 0.15) is 21.0 Å². The van der Waals surface area contributed by atoms with E-state index in [1.54, 1.807) is 14.2 Å². The van der Waals surface area contributed by atoms with E-state index in [1.165, 1.54) is 23.1 Å². The van der Waals surface area contributed by atoms with Gasteiger partial charge in [0.15, 0.2) is 0 Å². The van der Waals surface area contributed by atoms with Gasteiger partial charge < -0.3 is 19.5 Å². The molecule has 1 aromatic rings. The van der Waals surface area contributed by atoms with Crippen LogP contribution in [0.25, 0.3) is 0 Å². The van der Waals surface area contributed by atoms with E-state index >= 15 is 0 Å². The predicted molar refractivity (Wildman–Crippen MR) is 70.9 cm³/mol. The van der Waals surface area contributed by atoms with Crippen molar-refractivity contribution in [1.82, 2.24) is 9.88 Å². The third kappa shape index (κ3) is 4.60. The minimum atomic E-state index is -1.17. The number of carbonyl (C=O) groups is 2. The Hall–Kier alpha value is -1.99. The van der Waals surface area contributed by atoms with Gasteiger partial charge in [0.2, 0.25) is 0 Å². The van der Waals surface area contributed by atoms with E-state index in [-0.39, 0.29) is 17.3 Å². The van der Waals surface area contributed by atoms with E-state index in [9.17, 15) is 9.59 Å². The maximum atomic E-state index is 12.3. The zero-order valence-corrected chi connectivity index (χ0v) is 11.5. The summed E-state index contributed by atoms with van der Waals surface area (Å²) in [5, 5.41) is 8.89. The maximum Gasteiger partial charge on any atom is 0.354 e. The average molecular weight is 282 g/mol. The molecule has 0 atom stereocenters. The van der Waals surface area contributed by atoms with Gasteiger partial charge in [-0.25, -0.2) is 9.78 Å². The standard InChI is InChI=1S/C13H18N2O5/c1-19-8-6-15(7-9-20-2)12(16)10-4-3-5-11(14-10)13(17)18/h3-5H,6-9H2,1-2H3,(H,17,18). The molecule has 0 radical (unpaired) electrons. The van der Waals surface area contributed by atoms with E-state index in [4.69, 9.17) is 14.6 Å². The van der Waals surface area contributed by atoms with Crippen molar-refractivity contribution >= 4 is 11.9 Å². The Morgan fingerprint density at radius 1 is 1.15 bits per heavy atom. The van der Waals surface area contributed by atoms with Gasteiger partial charge in [0.25, 0.3) is 5.91 Å². The number of rotatable bonds is 8. The van der Waals surface area contributed by atoms with Crippen molar-refractivity contribution in [2.75, 3.05) is 40.5 Å². The van der Waals surface area contributed by atoms with Crippen LogP contribution in [-0.2, 0) is 9.47 Å². The summed E-state index contributed by atoms with van der Waals surface area (Å²) >= 11 is 0. The third-order valence-electron chi connectivity index (χ3n) is 2.61. The number of aromatic carboxylic acids is 1. The second kappa shape index (κ2) is 8.23. The minimum absolute atomic E-state index is 0.0945. The number of methoxy groups -OCH3 is 2. The van der Waals surface area contributed by atoms with Crippen molar-refractivity contribution in [3.8, 4) is 0 Å². The molecule has 1 aromatic heterocycles. The second-order valence-electron chi connectivity index (χ2n) is 3.99. The van der Waals surface area contributed by atoms with Gasteiger partial charge in [0, 0.05) is 27.3 Å². The van der Waals surface area contributed by atoms with E-state index in [0.717, 1.165) is 0 Å². The predicted octanol–water partition coefficient (Wildman–Crippen LogP) is 0.515. The summed E-state index contributed by atoms with van der Waals surface area (Å²) in [5.41, 5.74) is -0.0635. The van der Waals surface area contributed by atoms with Crippen molar-refractivity contribution < 1.29 is 24.2 Å². The molecule has 0 aliphatic rings. The molecule has 1 amide bonds. The van der Waals surface area contributed by atoms with Crippen molar-refractivity contribution in [2.24, 2.45) is 0 Å². The normalized spacial score (nSPS) is 10.3. The number of hydrogen-bond donors (Lipinski definition) is 1. The van der Waals surface area contributed by atoms with E-state index < -0.39 is 5.97 Å². The van der Waals surface area contributed by atoms with E-state index in [0.29, 0.717) is 26.3 Å². The molecular formula is C13H18N2O5. The monoisotopic (exact) mass is 282 g/mol. The molecule has 0 saturated heterocycles. The highest BCUT2D eigenvalue weighted by Gasteiger charge is 2.18. The summed E-state index contributed by atoms with van der Waals surface area (Å²) in [4.78, 5) is 28.5. The molecule has 0 saturated carbocycles. The highest BCUT2D eigenvalue weighted by atomic mass is 16.5. The lowest BCUT2D eigenvalue weighted by Gasteiger charge is -2.21. The Morgan fingerprint density at radius 3 is 2.20 bits per heavy atom. The lowest BCUT2D eigenvalue weighted by Crippen LogP contribution is -2.37. The molecule has 0 aliphatic carbocycles. The number of nitrogens with zero attached hydrogens (tertiary/aromatic N) is 2. The molecule has 7 nitrogen and oxygen atoms in total. The number of hydrogen-bond acceptors (Lipinski definition) is 5. The summed E-state index contributed by atoms with van der Waals surface area (Å²) in [7, 11) is 3.09. The first-order chi connectivity index (χ1) is 9.60. The fraction of sp³-hybridized carbons (Fsp3) is 0.462. The molecule has 20 heavy (non-hydrogen) atoms. The fourth-order valence-corrected chi connectivity index (χ4v) is 1.55. The summed E-state index contributed by atoms with van der Waals surface area (Å²) < 4.78 is 9.90. The lowest BCUT2D eigenvalue weighted by molar-refractivity contribution is 0.0621. The third-order valence-corrected chi connectivity index (χ3v) is 2.61. The lowest BCUT2D eigenvalue weighted by atomic mass is 10.2. The molecule has 7 heteroatoms. The van der Waals surface area contributed by atoms with Gasteiger partial charge >= 0.3 is 5.97 Å². The highest BCUT2D eigenvalue weighted by Crippen LogP contribution is 2.04. The van der Waals surface area contributed by atoms with Crippen LogP contribution in [0, 0.1) is 0 Å². The van der Waals surface area contributed by atoms with Crippen molar-refractivity contribution in [3.63, 3.8) is 0 Å². The van der Waals surface area contributed by atoms with Gasteiger partial charge in [-0.05, 0) is 12.1 Å². The van der Waals surface area contributed by atoms with Crippen LogP contribution in [0.5, 0.6) is 0 Å². The Balaban J connectivity index is 2.86. The topological polar surface area (TPSA) is 89.0 Å². The quantitative estimate of drug-likeness (QED) is 0.747. The van der Waals surface area contributed by atoms with E-state index in [2.05, 4.69) is 4.98 Å². The van der Waals surface area contributed by atoms with Gasteiger partial charge in [-0.15, -0.1) is 0 Å². The van der Waals surface area contributed by atoms with Crippen LogP contribution in [0.3, 0.4) is 0 Å². The largest absolute Gasteiger partial charge is 0.477 e. The van der Waals surface area contributed by atoms with Crippen molar-refractivity contribution in [2.45, 2.75) is 0 Å². The van der Waals surface area contributed by atoms with Crippen LogP contribution in [0.15, 0.2) is 18.2 Å². The van der Waals surface area contributed by atoms with Gasteiger partial charge in [-0.3, -0.25) is 4.79 Å². The van der Waals surface area contributed by atoms with Gasteiger partial charge in [0.05, 0.1) is 13.2 Å². The first-order valence-corrected chi connectivity index (χ1v) is 6.07. The average Bonchev–Trinajstić information content (AvgIpc) is 2.47. The molecule has 0 fully saturated rings. The van der Waals surface area contributed by atoms with Gasteiger partial charge in [0.1, 0.15) is 11.4 Å². The van der Waals surface area contributed by atoms with Crippen molar-refractivity contribution in [3.05, 3.63) is 29.6 Å². The molecular weight excluding hydrogens is 264 g/mol. The smallest absolute Gasteiger partial charge is 0.354 e. The molecule has 0 unspecified atom stereocenters. The second-order valence-corrected chi connectivity index (χ2v) is 3.99. The van der Waals surface area contributed by atoms with Crippen LogP contribution >= 0.6 is 0 Å². The Morgan fingerprint density at radius 2 is 1.70 bits per heavy atom. The Kier molecular flexibility index (Phi) is 6.61. The maximum absolute atomic E-state index is 12.3. The van der Waals surface area contributed by atoms with Gasteiger partial charge in [-0.1, -0.05) is 6.07 Å². The molecule has 0 aliphatic heterocycles. The molecule has 0 spiro atoms. The van der Waals surface area contributed by atoms with Crippen LogP contribution in [0.4, 0.5) is 0 Å². The number of aromatic nitrogens is 1. The van der Waals surface area contributed by atoms with Gasteiger partial charge in [-0.2, -0.15) is 0 Å². The first-order valence-electron chi connectivity index (χ1n) is 6.07. The molecule has 110 valence electrons. The summed E-state index contributed by atoms with van der Waals surface area (Å²) in [6.07, 6.45) is 0. The zero-order chi connectivity index (χ0) is 15.0. The SMILES string of the molecule is COCCN(CCOC)C(=O)c1cccc(C(=O)O)n1. The molecule has 1 rings (SSSR count). The van der Waals surface area contributed by atoms with Crippen LogP contribution in [-0.4, -0.2) is 67.4 Å². The molecule has 1 N–H and O–H groups in total. The number of ether oxygens (including phenoxy) is 2. The Bertz CT molecular complexity index is 456. The number of pyridine rings is 1. The zero-order valence-electron chi connectivity index (χ0n) is 11.5. The minimum Gasteiger partial charge on any atom is -0.477 e. The van der Waals surface area contributed by atoms with Crippen LogP contribution in [0.2, 0.25) is 0 Å². The van der Waals surface area contributed by atoms with Crippen molar-refractivity contribution in [1.29, 1.82) is 0 Å².